The van der Waals surface area contributed by atoms with Gasteiger partial charge in [-0.3, -0.25) is 0 Å². The van der Waals surface area contributed by atoms with E-state index < -0.39 is 0 Å². The van der Waals surface area contributed by atoms with E-state index in [9.17, 15) is 0 Å². The van der Waals surface area contributed by atoms with Gasteiger partial charge in [0.15, 0.2) is 0 Å². The average Bonchev–Trinajstić information content (AvgIpc) is 2.48. The van der Waals surface area contributed by atoms with Crippen molar-refractivity contribution in [2.24, 2.45) is 5.73 Å². The zero-order valence-corrected chi connectivity index (χ0v) is 17.5. The second-order valence-electron chi connectivity index (χ2n) is 7.15. The minimum absolute atomic E-state index is 0. The first-order valence-corrected chi connectivity index (χ1v) is 9.97. The highest BCUT2D eigenvalue weighted by atomic mass is 79.9. The lowest BCUT2D eigenvalue weighted by atomic mass is 9.83. The molecule has 22 heavy (non-hydrogen) atoms. The van der Waals surface area contributed by atoms with E-state index in [4.69, 9.17) is 5.73 Å². The molecule has 0 aromatic heterocycles. The quantitative estimate of drug-likeness (QED) is 0.275. The van der Waals surface area contributed by atoms with Gasteiger partial charge in [0.05, 0.1) is 0 Å². The molecular weight excluding hydrogens is 334 g/mol. The lowest BCUT2D eigenvalue weighted by molar-refractivity contribution is 0.303. The summed E-state index contributed by atoms with van der Waals surface area (Å²) < 4.78 is 0. The van der Waals surface area contributed by atoms with E-state index in [1.807, 2.05) is 0 Å². The third kappa shape index (κ3) is 15.3. The van der Waals surface area contributed by atoms with Crippen LogP contribution < -0.4 is 5.73 Å². The van der Waals surface area contributed by atoms with Crippen LogP contribution in [0.2, 0.25) is 0 Å². The molecule has 0 heterocycles. The summed E-state index contributed by atoms with van der Waals surface area (Å²) in [6, 6.07) is 0. The summed E-state index contributed by atoms with van der Waals surface area (Å²) >= 11 is 0. The van der Waals surface area contributed by atoms with E-state index in [0.717, 1.165) is 0 Å². The lowest BCUT2D eigenvalue weighted by Gasteiger charge is -2.30. The molecule has 0 rings (SSSR count). The van der Waals surface area contributed by atoms with Gasteiger partial charge < -0.3 is 5.73 Å². The van der Waals surface area contributed by atoms with Crippen molar-refractivity contribution in [1.82, 2.24) is 0 Å². The predicted molar refractivity (Wildman–Crippen MR) is 108 cm³/mol. The van der Waals surface area contributed by atoms with E-state index in [-0.39, 0.29) is 22.5 Å². The second kappa shape index (κ2) is 17.8. The third-order valence-electron chi connectivity index (χ3n) is 4.83. The van der Waals surface area contributed by atoms with Gasteiger partial charge in [-0.2, -0.15) is 0 Å². The van der Waals surface area contributed by atoms with Crippen LogP contribution in [-0.2, 0) is 0 Å². The molecule has 0 unspecified atom stereocenters. The number of hydrogen-bond acceptors (Lipinski definition) is 1. The van der Waals surface area contributed by atoms with Crippen molar-refractivity contribution < 1.29 is 0 Å². The summed E-state index contributed by atoms with van der Waals surface area (Å²) in [5.41, 5.74) is 6.92. The largest absolute Gasteiger partial charge is 0.325 e. The summed E-state index contributed by atoms with van der Waals surface area (Å²) in [7, 11) is 0. The third-order valence-corrected chi connectivity index (χ3v) is 4.83. The average molecular weight is 378 g/mol. The van der Waals surface area contributed by atoms with Crippen molar-refractivity contribution in [2.75, 3.05) is 0 Å². The van der Waals surface area contributed by atoms with Crippen LogP contribution in [0.15, 0.2) is 0 Å². The van der Waals surface area contributed by atoms with Crippen molar-refractivity contribution in [3.05, 3.63) is 0 Å². The maximum atomic E-state index is 6.78. The normalized spacial score (nSPS) is 11.5. The van der Waals surface area contributed by atoms with Crippen LogP contribution in [0.5, 0.6) is 0 Å². The Labute approximate surface area is 152 Å². The summed E-state index contributed by atoms with van der Waals surface area (Å²) in [6.07, 6.45) is 21.5. The van der Waals surface area contributed by atoms with Gasteiger partial charge in [0.25, 0.3) is 0 Å². The van der Waals surface area contributed by atoms with Crippen molar-refractivity contribution in [2.45, 2.75) is 129 Å². The van der Waals surface area contributed by atoms with Gasteiger partial charge in [0.2, 0.25) is 0 Å². The fourth-order valence-corrected chi connectivity index (χ4v) is 3.26. The molecule has 0 saturated heterocycles. The molecule has 1 nitrogen and oxygen atoms in total. The topological polar surface area (TPSA) is 26.0 Å². The molecule has 136 valence electrons. The highest BCUT2D eigenvalue weighted by molar-refractivity contribution is 8.93. The Morgan fingerprint density at radius 2 is 0.773 bits per heavy atom. The van der Waals surface area contributed by atoms with E-state index in [1.54, 1.807) is 0 Å². The molecule has 0 bridgehead atoms. The Morgan fingerprint density at radius 3 is 1.09 bits per heavy atom. The minimum atomic E-state index is 0. The molecule has 0 aromatic rings. The van der Waals surface area contributed by atoms with Crippen molar-refractivity contribution in [3.8, 4) is 0 Å². The Morgan fingerprint density at radius 1 is 0.500 bits per heavy atom. The summed E-state index contributed by atoms with van der Waals surface area (Å²) in [4.78, 5) is 0. The molecular formula is C20H44BrN. The Kier molecular flexibility index (Phi) is 20.0. The molecule has 0 saturated carbocycles. The van der Waals surface area contributed by atoms with Crippen LogP contribution in [0, 0.1) is 0 Å². The van der Waals surface area contributed by atoms with Gasteiger partial charge in [0, 0.05) is 5.54 Å². The van der Waals surface area contributed by atoms with Crippen molar-refractivity contribution >= 4 is 17.0 Å². The molecule has 2 N–H and O–H groups in total. The Balaban J connectivity index is 0. The van der Waals surface area contributed by atoms with E-state index in [0.29, 0.717) is 0 Å². The lowest BCUT2D eigenvalue weighted by Crippen LogP contribution is -2.39. The van der Waals surface area contributed by atoms with Crippen LogP contribution in [0.25, 0.3) is 0 Å². The van der Waals surface area contributed by atoms with Crippen molar-refractivity contribution in [1.29, 1.82) is 0 Å². The van der Waals surface area contributed by atoms with Crippen LogP contribution in [-0.4, -0.2) is 5.54 Å². The van der Waals surface area contributed by atoms with Crippen LogP contribution in [0.4, 0.5) is 0 Å². The highest BCUT2D eigenvalue weighted by Crippen LogP contribution is 2.26. The first kappa shape index (κ1) is 24.7. The summed E-state index contributed by atoms with van der Waals surface area (Å²) in [5, 5.41) is 0. The monoisotopic (exact) mass is 377 g/mol. The highest BCUT2D eigenvalue weighted by Gasteiger charge is 2.23. The summed E-state index contributed by atoms with van der Waals surface area (Å²) in [6.45, 7) is 6.86. The van der Waals surface area contributed by atoms with Crippen LogP contribution in [0.3, 0.4) is 0 Å². The smallest absolute Gasteiger partial charge is 0.0154 e. The second-order valence-corrected chi connectivity index (χ2v) is 7.15. The first-order valence-electron chi connectivity index (χ1n) is 9.97. The molecule has 0 aliphatic rings. The number of unbranched alkanes of at least 4 members (excludes halogenated alkanes) is 10. The van der Waals surface area contributed by atoms with Gasteiger partial charge in [0.1, 0.15) is 0 Å². The molecule has 0 amide bonds. The SMILES string of the molecule is Br.CCCCCCCC(N)(CCCCCC)CCCCCC. The number of halogens is 1. The zero-order chi connectivity index (χ0) is 15.8. The van der Waals surface area contributed by atoms with E-state index in [1.165, 1.54) is 103 Å². The molecule has 0 aromatic carbocycles. The molecule has 2 heteroatoms. The number of rotatable bonds is 16. The molecule has 0 fully saturated rings. The van der Waals surface area contributed by atoms with Crippen LogP contribution >= 0.6 is 17.0 Å². The van der Waals surface area contributed by atoms with E-state index >= 15 is 0 Å². The zero-order valence-electron chi connectivity index (χ0n) is 15.8. The molecule has 0 radical (unpaired) electrons. The number of hydrogen-bond donors (Lipinski definition) is 1. The Bertz CT molecular complexity index is 194. The molecule has 0 aliphatic heterocycles. The van der Waals surface area contributed by atoms with Crippen molar-refractivity contribution in [3.63, 3.8) is 0 Å². The standard InChI is InChI=1S/C20H43N.BrH/c1-4-7-10-13-16-19-20(21,17-14-11-8-5-2)18-15-12-9-6-3;/h4-19,21H2,1-3H3;1H. The Hall–Kier alpha value is 0.440. The molecule has 0 aliphatic carbocycles. The van der Waals surface area contributed by atoms with Gasteiger partial charge in [-0.15, -0.1) is 17.0 Å². The first-order chi connectivity index (χ1) is 10.2. The van der Waals surface area contributed by atoms with E-state index in [2.05, 4.69) is 20.8 Å². The molecule has 0 atom stereocenters. The minimum Gasteiger partial charge on any atom is -0.325 e. The van der Waals surface area contributed by atoms with Gasteiger partial charge in [-0.1, -0.05) is 104 Å². The maximum absolute atomic E-state index is 6.78. The van der Waals surface area contributed by atoms with Gasteiger partial charge in [-0.05, 0) is 19.3 Å². The molecule has 0 spiro atoms. The van der Waals surface area contributed by atoms with Gasteiger partial charge >= 0.3 is 0 Å². The maximum Gasteiger partial charge on any atom is 0.0154 e. The summed E-state index contributed by atoms with van der Waals surface area (Å²) in [5.74, 6) is 0. The fraction of sp³-hybridized carbons (Fsp3) is 1.00. The predicted octanol–water partition coefficient (Wildman–Crippen LogP) is 7.56. The number of nitrogens with two attached hydrogens (primary N) is 1. The fourth-order valence-electron chi connectivity index (χ4n) is 3.26. The van der Waals surface area contributed by atoms with Gasteiger partial charge in [-0.25, -0.2) is 0 Å². The van der Waals surface area contributed by atoms with Crippen LogP contribution in [0.1, 0.15) is 124 Å².